The van der Waals surface area contributed by atoms with Crippen LogP contribution in [0.3, 0.4) is 0 Å². The van der Waals surface area contributed by atoms with Crippen LogP contribution in [0.2, 0.25) is 5.02 Å². The fourth-order valence-electron chi connectivity index (χ4n) is 2.28. The summed E-state index contributed by atoms with van der Waals surface area (Å²) in [6.45, 7) is 0.486. The average molecular weight is 343 g/mol. The summed E-state index contributed by atoms with van der Waals surface area (Å²) in [5.41, 5.74) is 1.82. The Morgan fingerprint density at radius 2 is 1.96 bits per heavy atom. The molecular formula is C18H15ClN2OS. The zero-order chi connectivity index (χ0) is 16.1. The summed E-state index contributed by atoms with van der Waals surface area (Å²) in [5, 5.41) is 2.64. The minimum atomic E-state index is 0.0543. The second-order valence-electron chi connectivity index (χ2n) is 5.07. The van der Waals surface area contributed by atoms with Crippen LogP contribution in [0.25, 0.3) is 0 Å². The van der Waals surface area contributed by atoms with E-state index >= 15 is 0 Å². The summed E-state index contributed by atoms with van der Waals surface area (Å²) in [6, 6.07) is 15.1. The van der Waals surface area contributed by atoms with Crippen molar-refractivity contribution in [2.45, 2.75) is 13.0 Å². The fraction of sp³-hybridized carbons (Fsp3) is 0.111. The van der Waals surface area contributed by atoms with Crippen molar-refractivity contribution in [3.8, 4) is 0 Å². The quantitative estimate of drug-likeness (QED) is 0.680. The zero-order valence-electron chi connectivity index (χ0n) is 12.4. The Morgan fingerprint density at radius 3 is 2.61 bits per heavy atom. The van der Waals surface area contributed by atoms with Gasteiger partial charge in [-0.05, 0) is 47.3 Å². The third kappa shape index (κ3) is 4.18. The van der Waals surface area contributed by atoms with Gasteiger partial charge >= 0.3 is 0 Å². The predicted molar refractivity (Wildman–Crippen MR) is 94.9 cm³/mol. The Balaban J connectivity index is 1.86. The molecule has 0 unspecified atom stereocenters. The van der Waals surface area contributed by atoms with Crippen LogP contribution in [0.1, 0.15) is 10.4 Å². The van der Waals surface area contributed by atoms with Gasteiger partial charge in [0.15, 0.2) is 0 Å². The third-order valence-electron chi connectivity index (χ3n) is 3.41. The maximum absolute atomic E-state index is 12.8. The topological polar surface area (TPSA) is 33.2 Å². The molecule has 0 aliphatic heterocycles. The highest BCUT2D eigenvalue weighted by Gasteiger charge is 2.17. The minimum absolute atomic E-state index is 0.0543. The molecule has 5 heteroatoms. The summed E-state index contributed by atoms with van der Waals surface area (Å²) >= 11 is 7.55. The highest BCUT2D eigenvalue weighted by atomic mass is 35.5. The van der Waals surface area contributed by atoms with E-state index in [4.69, 9.17) is 11.6 Å². The Bertz CT molecular complexity index is 757. The van der Waals surface area contributed by atoms with Crippen molar-refractivity contribution >= 4 is 34.5 Å². The van der Waals surface area contributed by atoms with E-state index in [1.807, 2.05) is 41.8 Å². The molecule has 0 saturated heterocycles. The highest BCUT2D eigenvalue weighted by molar-refractivity contribution is 7.10. The molecule has 0 fully saturated rings. The lowest BCUT2D eigenvalue weighted by Crippen LogP contribution is -2.31. The second-order valence-corrected chi connectivity index (χ2v) is 6.54. The van der Waals surface area contributed by atoms with E-state index in [1.165, 1.54) is 0 Å². The number of carbonyl (C=O) groups excluding carboxylic acids is 1. The number of halogens is 1. The molecule has 0 N–H and O–H groups in total. The number of amides is 1. The molecule has 3 aromatic rings. The molecule has 0 aliphatic carbocycles. The van der Waals surface area contributed by atoms with Gasteiger partial charge in [-0.1, -0.05) is 23.7 Å². The van der Waals surface area contributed by atoms with E-state index in [9.17, 15) is 4.79 Å². The molecule has 3 nitrogen and oxygen atoms in total. The number of pyridine rings is 1. The number of carbonyl (C=O) groups is 1. The van der Waals surface area contributed by atoms with Crippen molar-refractivity contribution in [1.29, 1.82) is 0 Å². The van der Waals surface area contributed by atoms with Crippen molar-refractivity contribution in [2.24, 2.45) is 0 Å². The van der Waals surface area contributed by atoms with Crippen LogP contribution >= 0.6 is 22.9 Å². The van der Waals surface area contributed by atoms with E-state index in [2.05, 4.69) is 4.98 Å². The zero-order valence-corrected chi connectivity index (χ0v) is 13.9. The van der Waals surface area contributed by atoms with Gasteiger partial charge in [-0.25, -0.2) is 0 Å². The lowest BCUT2D eigenvalue weighted by atomic mass is 10.2. The van der Waals surface area contributed by atoms with Crippen LogP contribution < -0.4 is 4.90 Å². The first kappa shape index (κ1) is 15.7. The molecule has 0 radical (unpaired) electrons. The normalized spacial score (nSPS) is 10.5. The molecule has 0 saturated carbocycles. The average Bonchev–Trinajstić information content (AvgIpc) is 3.07. The van der Waals surface area contributed by atoms with Gasteiger partial charge in [-0.3, -0.25) is 9.78 Å². The van der Waals surface area contributed by atoms with Gasteiger partial charge in [0.05, 0.1) is 13.0 Å². The van der Waals surface area contributed by atoms with Gasteiger partial charge in [-0.2, -0.15) is 0 Å². The number of benzene rings is 1. The monoisotopic (exact) mass is 342 g/mol. The van der Waals surface area contributed by atoms with E-state index in [-0.39, 0.29) is 5.91 Å². The minimum Gasteiger partial charge on any atom is -0.308 e. The Morgan fingerprint density at radius 1 is 1.13 bits per heavy atom. The summed E-state index contributed by atoms with van der Waals surface area (Å²) in [4.78, 5) is 19.7. The standard InChI is InChI=1S/C18H15ClN2OS/c19-15-5-7-16(8-6-15)21(13-14-3-1-9-20-12-14)18(22)11-17-4-2-10-23-17/h1-10,12H,11,13H2. The largest absolute Gasteiger partial charge is 0.308 e. The third-order valence-corrected chi connectivity index (χ3v) is 4.54. The number of anilines is 1. The van der Waals surface area contributed by atoms with Gasteiger partial charge in [0.1, 0.15) is 0 Å². The number of rotatable bonds is 5. The molecule has 0 spiro atoms. The van der Waals surface area contributed by atoms with Gasteiger partial charge in [0.25, 0.3) is 0 Å². The van der Waals surface area contributed by atoms with E-state index < -0.39 is 0 Å². The molecule has 2 heterocycles. The Labute approximate surface area is 144 Å². The van der Waals surface area contributed by atoms with Crippen LogP contribution in [0.4, 0.5) is 5.69 Å². The van der Waals surface area contributed by atoms with Crippen molar-refractivity contribution in [2.75, 3.05) is 4.90 Å². The van der Waals surface area contributed by atoms with Gasteiger partial charge in [0, 0.05) is 28.0 Å². The summed E-state index contributed by atoms with van der Waals surface area (Å²) in [6.07, 6.45) is 3.89. The van der Waals surface area contributed by atoms with Crippen molar-refractivity contribution in [3.63, 3.8) is 0 Å². The van der Waals surface area contributed by atoms with E-state index in [0.29, 0.717) is 18.0 Å². The summed E-state index contributed by atoms with van der Waals surface area (Å²) < 4.78 is 0. The maximum atomic E-state index is 12.8. The molecule has 2 aromatic heterocycles. The second kappa shape index (κ2) is 7.40. The molecule has 116 valence electrons. The summed E-state index contributed by atoms with van der Waals surface area (Å²) in [7, 11) is 0. The fourth-order valence-corrected chi connectivity index (χ4v) is 3.10. The Kier molecular flexibility index (Phi) is 5.05. The van der Waals surface area contributed by atoms with Gasteiger partial charge in [0.2, 0.25) is 5.91 Å². The number of aromatic nitrogens is 1. The van der Waals surface area contributed by atoms with Crippen LogP contribution in [0.15, 0.2) is 66.3 Å². The first-order chi connectivity index (χ1) is 11.2. The van der Waals surface area contributed by atoms with E-state index in [1.54, 1.807) is 40.8 Å². The van der Waals surface area contributed by atoms with Crippen LogP contribution in [-0.4, -0.2) is 10.9 Å². The lowest BCUT2D eigenvalue weighted by molar-refractivity contribution is -0.118. The summed E-state index contributed by atoms with van der Waals surface area (Å²) in [5.74, 6) is 0.0543. The molecule has 23 heavy (non-hydrogen) atoms. The van der Waals surface area contributed by atoms with Crippen molar-refractivity contribution in [1.82, 2.24) is 4.98 Å². The number of thiophene rings is 1. The molecule has 0 bridgehead atoms. The van der Waals surface area contributed by atoms with Gasteiger partial charge in [-0.15, -0.1) is 11.3 Å². The molecular weight excluding hydrogens is 328 g/mol. The first-order valence-corrected chi connectivity index (χ1v) is 8.45. The first-order valence-electron chi connectivity index (χ1n) is 7.19. The Hall–Kier alpha value is -2.17. The van der Waals surface area contributed by atoms with Crippen molar-refractivity contribution in [3.05, 3.63) is 81.8 Å². The SMILES string of the molecule is O=C(Cc1cccs1)N(Cc1cccnc1)c1ccc(Cl)cc1. The van der Waals surface area contributed by atoms with Gasteiger partial charge < -0.3 is 4.90 Å². The van der Waals surface area contributed by atoms with E-state index in [0.717, 1.165) is 16.1 Å². The molecule has 0 aliphatic rings. The lowest BCUT2D eigenvalue weighted by Gasteiger charge is -2.23. The maximum Gasteiger partial charge on any atom is 0.232 e. The van der Waals surface area contributed by atoms with Crippen LogP contribution in [-0.2, 0) is 17.8 Å². The molecule has 1 amide bonds. The molecule has 1 aromatic carbocycles. The van der Waals surface area contributed by atoms with Crippen molar-refractivity contribution < 1.29 is 4.79 Å². The molecule has 3 rings (SSSR count). The van der Waals surface area contributed by atoms with Crippen LogP contribution in [0, 0.1) is 0 Å². The number of nitrogens with zero attached hydrogens (tertiary/aromatic N) is 2. The molecule has 0 atom stereocenters. The van der Waals surface area contributed by atoms with Crippen LogP contribution in [0.5, 0.6) is 0 Å². The number of hydrogen-bond donors (Lipinski definition) is 0. The smallest absolute Gasteiger partial charge is 0.232 e. The predicted octanol–water partition coefficient (Wildman–Crippen LogP) is 4.57. The highest BCUT2D eigenvalue weighted by Crippen LogP contribution is 2.22. The number of hydrogen-bond acceptors (Lipinski definition) is 3.